The first-order valence-corrected chi connectivity index (χ1v) is 8.71. The van der Waals surface area contributed by atoms with Crippen molar-refractivity contribution in [2.24, 2.45) is 0 Å². The first-order chi connectivity index (χ1) is 13.3. The Morgan fingerprint density at radius 1 is 1.11 bits per heavy atom. The minimum atomic E-state index is -5.17. The molecule has 0 unspecified atom stereocenters. The molecule has 10 heteroatoms. The van der Waals surface area contributed by atoms with Gasteiger partial charge < -0.3 is 9.82 Å². The van der Waals surface area contributed by atoms with E-state index in [4.69, 9.17) is 0 Å². The molecule has 28 heavy (non-hydrogen) atoms. The number of hydrogen-bond acceptors (Lipinski definition) is 5. The lowest BCUT2D eigenvalue weighted by Crippen LogP contribution is -2.33. The van der Waals surface area contributed by atoms with Crippen LogP contribution in [0.1, 0.15) is 0 Å². The van der Waals surface area contributed by atoms with Crippen LogP contribution in [0, 0.1) is 0 Å². The number of para-hydroxylation sites is 3. The summed E-state index contributed by atoms with van der Waals surface area (Å²) in [5, 5.41) is 0.581. The molecule has 0 aliphatic rings. The number of benzene rings is 2. The highest BCUT2D eigenvalue weighted by Gasteiger charge is 2.42. The molecular weight excluding hydrogens is 395 g/mol. The van der Waals surface area contributed by atoms with E-state index in [1.54, 1.807) is 18.2 Å². The molecule has 0 atom stereocenters. The molecule has 4 aromatic rings. The fourth-order valence-corrected chi connectivity index (χ4v) is 3.59. The van der Waals surface area contributed by atoms with E-state index in [1.807, 2.05) is 18.2 Å². The van der Waals surface area contributed by atoms with Gasteiger partial charge >= 0.3 is 12.1 Å². The summed E-state index contributed by atoms with van der Waals surface area (Å²) in [7, 11) is 0. The first-order valence-electron chi connectivity index (χ1n) is 7.89. The van der Waals surface area contributed by atoms with Gasteiger partial charge in [0.05, 0.1) is 16.4 Å². The van der Waals surface area contributed by atoms with E-state index in [-0.39, 0.29) is 10.9 Å². The van der Waals surface area contributed by atoms with Gasteiger partial charge in [0, 0.05) is 17.2 Å². The molecule has 0 saturated heterocycles. The van der Waals surface area contributed by atoms with E-state index in [0.717, 1.165) is 29.5 Å². The zero-order valence-electron chi connectivity index (χ0n) is 13.9. The van der Waals surface area contributed by atoms with Gasteiger partial charge in [-0.25, -0.2) is 9.78 Å². The third kappa shape index (κ3) is 3.33. The first kappa shape index (κ1) is 18.1. The Labute approximate surface area is 158 Å². The molecule has 2 heterocycles. The molecule has 0 fully saturated rings. The Bertz CT molecular complexity index is 1230. The fourth-order valence-electron chi connectivity index (χ4n) is 2.63. The Hall–Kier alpha value is -3.27. The van der Waals surface area contributed by atoms with Gasteiger partial charge in [-0.2, -0.15) is 17.9 Å². The predicted molar refractivity (Wildman–Crippen MR) is 96.1 cm³/mol. The van der Waals surface area contributed by atoms with Gasteiger partial charge in [0.15, 0.2) is 10.6 Å². The van der Waals surface area contributed by atoms with Crippen molar-refractivity contribution in [2.45, 2.75) is 16.2 Å². The van der Waals surface area contributed by atoms with Crippen LogP contribution in [-0.2, 0) is 4.79 Å². The number of aromatic nitrogens is 3. The maximum atomic E-state index is 12.6. The number of carbonyl (C=O) groups excluding carboxylic acids is 1. The van der Waals surface area contributed by atoms with Gasteiger partial charge in [-0.15, -0.1) is 0 Å². The Morgan fingerprint density at radius 2 is 1.89 bits per heavy atom. The minimum Gasteiger partial charge on any atom is -0.333 e. The Balaban J connectivity index is 1.82. The van der Waals surface area contributed by atoms with Crippen LogP contribution in [0.5, 0.6) is 0 Å². The van der Waals surface area contributed by atoms with E-state index in [0.29, 0.717) is 20.3 Å². The summed E-state index contributed by atoms with van der Waals surface area (Å²) in [4.78, 5) is 35.8. The highest BCUT2D eigenvalue weighted by atomic mass is 32.2. The zero-order valence-corrected chi connectivity index (χ0v) is 14.7. The van der Waals surface area contributed by atoms with Crippen molar-refractivity contribution in [3.05, 3.63) is 65.0 Å². The number of aromatic amines is 1. The molecule has 0 amide bonds. The summed E-state index contributed by atoms with van der Waals surface area (Å²) < 4.78 is 38.5. The van der Waals surface area contributed by atoms with Crippen molar-refractivity contribution < 1.29 is 22.8 Å². The SMILES string of the molecule is O=C(On1ccc(=O)c2cccc(Sc3nc4ccccc4[nH]3)c21)C(F)(F)F. The topological polar surface area (TPSA) is 77.0 Å². The molecule has 142 valence electrons. The van der Waals surface area contributed by atoms with Gasteiger partial charge in [-0.3, -0.25) is 4.79 Å². The molecule has 2 aromatic heterocycles. The van der Waals surface area contributed by atoms with Gasteiger partial charge in [-0.1, -0.05) is 18.2 Å². The quantitative estimate of drug-likeness (QED) is 0.564. The van der Waals surface area contributed by atoms with Gasteiger partial charge in [0.2, 0.25) is 0 Å². The standard InChI is InChI=1S/C18H10F3N3O3S/c19-18(20,21)16(26)27-24-9-8-13(25)10-4-3-7-14(15(10)24)28-17-22-11-5-1-2-6-12(11)23-17/h1-9H,(H,22,23). The second-order valence-electron chi connectivity index (χ2n) is 5.70. The highest BCUT2D eigenvalue weighted by molar-refractivity contribution is 7.99. The maximum absolute atomic E-state index is 12.6. The average Bonchev–Trinajstić information content (AvgIpc) is 3.05. The Morgan fingerprint density at radius 3 is 2.64 bits per heavy atom. The van der Waals surface area contributed by atoms with E-state index in [9.17, 15) is 22.8 Å². The lowest BCUT2D eigenvalue weighted by molar-refractivity contribution is -0.199. The molecule has 0 aliphatic heterocycles. The second kappa shape index (κ2) is 6.71. The number of nitrogens with one attached hydrogen (secondary N) is 1. The zero-order chi connectivity index (χ0) is 19.9. The van der Waals surface area contributed by atoms with Crippen LogP contribution in [-0.4, -0.2) is 26.8 Å². The second-order valence-corrected chi connectivity index (χ2v) is 6.73. The van der Waals surface area contributed by atoms with Crippen molar-refractivity contribution in [3.63, 3.8) is 0 Å². The largest absolute Gasteiger partial charge is 0.493 e. The van der Waals surface area contributed by atoms with Crippen LogP contribution >= 0.6 is 11.8 Å². The summed E-state index contributed by atoms with van der Waals surface area (Å²) in [6.07, 6.45) is -4.19. The molecule has 1 N–H and O–H groups in total. The van der Waals surface area contributed by atoms with Crippen LogP contribution < -0.4 is 10.3 Å². The maximum Gasteiger partial charge on any atom is 0.493 e. The number of hydrogen-bond donors (Lipinski definition) is 1. The predicted octanol–water partition coefficient (Wildman–Crippen LogP) is 3.55. The van der Waals surface area contributed by atoms with Gasteiger partial charge in [0.1, 0.15) is 5.52 Å². The molecule has 4 rings (SSSR count). The number of fused-ring (bicyclic) bond motifs is 2. The van der Waals surface area contributed by atoms with Crippen molar-refractivity contribution in [3.8, 4) is 0 Å². The summed E-state index contributed by atoms with van der Waals surface area (Å²) in [6.45, 7) is 0. The number of nitrogens with zero attached hydrogens (tertiary/aromatic N) is 2. The molecule has 0 bridgehead atoms. The molecule has 0 radical (unpaired) electrons. The number of alkyl halides is 3. The number of carbonyl (C=O) groups is 1. The van der Waals surface area contributed by atoms with Crippen molar-refractivity contribution in [1.29, 1.82) is 0 Å². The summed E-state index contributed by atoms with van der Waals surface area (Å²) in [6, 6.07) is 12.9. The van der Waals surface area contributed by atoms with Crippen LogP contribution in [0.15, 0.2) is 69.6 Å². The van der Waals surface area contributed by atoms with E-state index < -0.39 is 17.6 Å². The molecular formula is C18H10F3N3O3S. The molecule has 0 saturated carbocycles. The number of halogens is 3. The number of imidazole rings is 1. The summed E-state index contributed by atoms with van der Waals surface area (Å²) in [5.74, 6) is -2.39. The third-order valence-corrected chi connectivity index (χ3v) is 4.77. The van der Waals surface area contributed by atoms with Crippen LogP contribution in [0.3, 0.4) is 0 Å². The van der Waals surface area contributed by atoms with Crippen LogP contribution in [0.4, 0.5) is 13.2 Å². The molecule has 2 aromatic carbocycles. The fraction of sp³-hybridized carbons (Fsp3) is 0.0556. The highest BCUT2D eigenvalue weighted by Crippen LogP contribution is 2.32. The normalized spacial score (nSPS) is 11.8. The van der Waals surface area contributed by atoms with E-state index in [1.165, 1.54) is 6.07 Å². The number of rotatable bonds is 3. The minimum absolute atomic E-state index is 0.0399. The van der Waals surface area contributed by atoms with Crippen molar-refractivity contribution >= 4 is 39.7 Å². The number of pyridine rings is 1. The monoisotopic (exact) mass is 405 g/mol. The van der Waals surface area contributed by atoms with Crippen molar-refractivity contribution in [2.75, 3.05) is 0 Å². The van der Waals surface area contributed by atoms with E-state index >= 15 is 0 Å². The van der Waals surface area contributed by atoms with Crippen LogP contribution in [0.25, 0.3) is 21.9 Å². The average molecular weight is 405 g/mol. The summed E-state index contributed by atoms with van der Waals surface area (Å²) in [5.41, 5.74) is 1.12. The molecule has 6 nitrogen and oxygen atoms in total. The molecule has 0 aliphatic carbocycles. The van der Waals surface area contributed by atoms with Crippen LogP contribution in [0.2, 0.25) is 0 Å². The Kier molecular flexibility index (Phi) is 4.34. The summed E-state index contributed by atoms with van der Waals surface area (Å²) >= 11 is 1.10. The van der Waals surface area contributed by atoms with Gasteiger partial charge in [0.25, 0.3) is 0 Å². The molecule has 0 spiro atoms. The smallest absolute Gasteiger partial charge is 0.333 e. The van der Waals surface area contributed by atoms with E-state index in [2.05, 4.69) is 14.8 Å². The number of H-pyrrole nitrogens is 1. The van der Waals surface area contributed by atoms with Gasteiger partial charge in [-0.05, 0) is 36.0 Å². The third-order valence-electron chi connectivity index (χ3n) is 3.83. The lowest BCUT2D eigenvalue weighted by atomic mass is 10.2. The lowest BCUT2D eigenvalue weighted by Gasteiger charge is -2.14. The van der Waals surface area contributed by atoms with Crippen molar-refractivity contribution in [1.82, 2.24) is 14.7 Å².